The van der Waals surface area contributed by atoms with Crippen molar-refractivity contribution in [3.05, 3.63) is 60.2 Å². The number of hydrogen-bond acceptors (Lipinski definition) is 2. The van der Waals surface area contributed by atoms with Crippen LogP contribution in [0.3, 0.4) is 0 Å². The van der Waals surface area contributed by atoms with Crippen molar-refractivity contribution in [2.24, 2.45) is 5.92 Å². The van der Waals surface area contributed by atoms with E-state index in [1.54, 1.807) is 0 Å². The summed E-state index contributed by atoms with van der Waals surface area (Å²) >= 11 is 0. The number of aliphatic hydroxyl groups is 1. The molecule has 0 amide bonds. The second-order valence-electron chi connectivity index (χ2n) is 5.42. The Hall–Kier alpha value is -1.64. The number of ether oxygens (including phenoxy) is 1. The lowest BCUT2D eigenvalue weighted by Gasteiger charge is -2.35. The highest BCUT2D eigenvalue weighted by molar-refractivity contribution is 5.63. The zero-order valence-corrected chi connectivity index (χ0v) is 11.5. The second kappa shape index (κ2) is 6.21. The molecule has 2 aromatic carbocycles. The van der Waals surface area contributed by atoms with E-state index in [1.165, 1.54) is 16.7 Å². The summed E-state index contributed by atoms with van der Waals surface area (Å²) in [4.78, 5) is 0. The van der Waals surface area contributed by atoms with Crippen LogP contribution in [-0.4, -0.2) is 24.4 Å². The van der Waals surface area contributed by atoms with Gasteiger partial charge in [0.15, 0.2) is 0 Å². The first-order valence-corrected chi connectivity index (χ1v) is 7.23. The molecule has 0 bridgehead atoms. The molecule has 104 valence electrons. The average molecular weight is 268 g/mol. The zero-order valence-electron chi connectivity index (χ0n) is 11.5. The van der Waals surface area contributed by atoms with Gasteiger partial charge in [-0.15, -0.1) is 0 Å². The lowest BCUT2D eigenvalue weighted by molar-refractivity contribution is -0.133. The highest BCUT2D eigenvalue weighted by Crippen LogP contribution is 2.26. The molecule has 1 aliphatic rings. The zero-order chi connectivity index (χ0) is 13.8. The van der Waals surface area contributed by atoms with Gasteiger partial charge in [-0.25, -0.2) is 0 Å². The minimum atomic E-state index is 0.236. The SMILES string of the molecule is OC[C@H]1CO[C@@H]1CCc1cccc(-c2ccccc2)c1. The summed E-state index contributed by atoms with van der Waals surface area (Å²) in [7, 11) is 0. The molecule has 2 heteroatoms. The van der Waals surface area contributed by atoms with Crippen LogP contribution in [0.4, 0.5) is 0 Å². The fourth-order valence-electron chi connectivity index (χ4n) is 2.70. The Morgan fingerprint density at radius 3 is 2.50 bits per heavy atom. The van der Waals surface area contributed by atoms with Gasteiger partial charge in [0.05, 0.1) is 19.3 Å². The minimum absolute atomic E-state index is 0.236. The first kappa shape index (κ1) is 13.3. The molecule has 1 saturated heterocycles. The Kier molecular flexibility index (Phi) is 4.14. The van der Waals surface area contributed by atoms with Gasteiger partial charge in [-0.1, -0.05) is 54.6 Å². The standard InChI is InChI=1S/C18H20O2/c19-12-17-13-20-18(17)10-9-14-5-4-8-16(11-14)15-6-2-1-3-7-15/h1-8,11,17-19H,9-10,12-13H2/t17-,18+/m0/s1. The van der Waals surface area contributed by atoms with Crippen molar-refractivity contribution in [1.29, 1.82) is 0 Å². The molecule has 2 aromatic rings. The molecule has 0 unspecified atom stereocenters. The van der Waals surface area contributed by atoms with E-state index < -0.39 is 0 Å². The van der Waals surface area contributed by atoms with E-state index in [9.17, 15) is 0 Å². The summed E-state index contributed by atoms with van der Waals surface area (Å²) in [5.74, 6) is 0.340. The maximum absolute atomic E-state index is 9.17. The minimum Gasteiger partial charge on any atom is -0.396 e. The fourth-order valence-corrected chi connectivity index (χ4v) is 2.70. The number of benzene rings is 2. The van der Waals surface area contributed by atoms with Crippen molar-refractivity contribution in [3.8, 4) is 11.1 Å². The molecule has 1 N–H and O–H groups in total. The first-order chi connectivity index (χ1) is 9.86. The van der Waals surface area contributed by atoms with Crippen LogP contribution in [0.1, 0.15) is 12.0 Å². The molecule has 0 saturated carbocycles. The van der Waals surface area contributed by atoms with E-state index in [2.05, 4.69) is 48.5 Å². The number of aliphatic hydroxyl groups excluding tert-OH is 1. The molecule has 1 aliphatic heterocycles. The molecule has 1 heterocycles. The van der Waals surface area contributed by atoms with Crippen LogP contribution in [0.5, 0.6) is 0 Å². The Morgan fingerprint density at radius 1 is 1.00 bits per heavy atom. The molecule has 20 heavy (non-hydrogen) atoms. The topological polar surface area (TPSA) is 29.5 Å². The number of hydrogen-bond donors (Lipinski definition) is 1. The lowest BCUT2D eigenvalue weighted by Crippen LogP contribution is -2.42. The van der Waals surface area contributed by atoms with Gasteiger partial charge in [0.2, 0.25) is 0 Å². The van der Waals surface area contributed by atoms with Crippen LogP contribution < -0.4 is 0 Å². The normalized spacial score (nSPS) is 21.4. The third-order valence-electron chi connectivity index (χ3n) is 4.04. The monoisotopic (exact) mass is 268 g/mol. The van der Waals surface area contributed by atoms with E-state index >= 15 is 0 Å². The van der Waals surface area contributed by atoms with Gasteiger partial charge in [-0.05, 0) is 29.5 Å². The molecule has 0 spiro atoms. The molecular formula is C18H20O2. The van der Waals surface area contributed by atoms with Gasteiger partial charge in [0.1, 0.15) is 0 Å². The Labute approximate surface area is 120 Å². The van der Waals surface area contributed by atoms with Gasteiger partial charge in [0, 0.05) is 5.92 Å². The second-order valence-corrected chi connectivity index (χ2v) is 5.42. The summed E-state index contributed by atoms with van der Waals surface area (Å²) in [6, 6.07) is 19.1. The van der Waals surface area contributed by atoms with Crippen molar-refractivity contribution in [2.45, 2.75) is 18.9 Å². The van der Waals surface area contributed by atoms with E-state index in [0.29, 0.717) is 12.5 Å². The van der Waals surface area contributed by atoms with Gasteiger partial charge < -0.3 is 9.84 Å². The van der Waals surface area contributed by atoms with Crippen molar-refractivity contribution >= 4 is 0 Å². The average Bonchev–Trinajstić information content (AvgIpc) is 2.48. The lowest BCUT2D eigenvalue weighted by atomic mass is 9.92. The molecular weight excluding hydrogens is 248 g/mol. The van der Waals surface area contributed by atoms with Crippen LogP contribution in [-0.2, 0) is 11.2 Å². The summed E-state index contributed by atoms with van der Waals surface area (Å²) < 4.78 is 5.51. The Bertz CT molecular complexity index is 548. The molecule has 0 aliphatic carbocycles. The Balaban J connectivity index is 1.66. The predicted octanol–water partition coefficient (Wildman–Crippen LogP) is 3.29. The van der Waals surface area contributed by atoms with E-state index in [1.807, 2.05) is 6.07 Å². The number of rotatable bonds is 5. The first-order valence-electron chi connectivity index (χ1n) is 7.23. The van der Waals surface area contributed by atoms with Gasteiger partial charge in [-0.2, -0.15) is 0 Å². The fraction of sp³-hybridized carbons (Fsp3) is 0.333. The van der Waals surface area contributed by atoms with Crippen LogP contribution in [0, 0.1) is 5.92 Å². The predicted molar refractivity (Wildman–Crippen MR) is 80.5 cm³/mol. The van der Waals surface area contributed by atoms with Crippen molar-refractivity contribution < 1.29 is 9.84 Å². The highest BCUT2D eigenvalue weighted by atomic mass is 16.5. The molecule has 0 radical (unpaired) electrons. The molecule has 1 fully saturated rings. The summed E-state index contributed by atoms with van der Waals surface area (Å²) in [5, 5.41) is 9.17. The van der Waals surface area contributed by atoms with E-state index in [-0.39, 0.29) is 12.7 Å². The summed E-state index contributed by atoms with van der Waals surface area (Å²) in [6.45, 7) is 0.958. The quantitative estimate of drug-likeness (QED) is 0.901. The van der Waals surface area contributed by atoms with Crippen molar-refractivity contribution in [2.75, 3.05) is 13.2 Å². The molecule has 3 rings (SSSR count). The van der Waals surface area contributed by atoms with E-state index in [4.69, 9.17) is 9.84 Å². The summed E-state index contributed by atoms with van der Waals surface area (Å²) in [5.41, 5.74) is 3.84. The van der Waals surface area contributed by atoms with Crippen LogP contribution in [0.25, 0.3) is 11.1 Å². The van der Waals surface area contributed by atoms with Crippen LogP contribution in [0.2, 0.25) is 0 Å². The maximum Gasteiger partial charge on any atom is 0.0650 e. The third kappa shape index (κ3) is 2.92. The largest absolute Gasteiger partial charge is 0.396 e. The smallest absolute Gasteiger partial charge is 0.0650 e. The van der Waals surface area contributed by atoms with Gasteiger partial charge >= 0.3 is 0 Å². The summed E-state index contributed by atoms with van der Waals surface area (Å²) in [6.07, 6.45) is 2.23. The molecule has 0 aromatic heterocycles. The molecule has 2 nitrogen and oxygen atoms in total. The van der Waals surface area contributed by atoms with Crippen LogP contribution >= 0.6 is 0 Å². The highest BCUT2D eigenvalue weighted by Gasteiger charge is 2.30. The molecule has 2 atom stereocenters. The van der Waals surface area contributed by atoms with Crippen molar-refractivity contribution in [3.63, 3.8) is 0 Å². The number of aryl methyl sites for hydroxylation is 1. The van der Waals surface area contributed by atoms with Crippen LogP contribution in [0.15, 0.2) is 54.6 Å². The third-order valence-corrected chi connectivity index (χ3v) is 4.04. The van der Waals surface area contributed by atoms with E-state index in [0.717, 1.165) is 12.8 Å². The van der Waals surface area contributed by atoms with Crippen molar-refractivity contribution in [1.82, 2.24) is 0 Å². The maximum atomic E-state index is 9.17. The Morgan fingerprint density at radius 2 is 1.80 bits per heavy atom. The van der Waals surface area contributed by atoms with Gasteiger partial charge in [0.25, 0.3) is 0 Å². The van der Waals surface area contributed by atoms with Gasteiger partial charge in [-0.3, -0.25) is 0 Å².